The Morgan fingerprint density at radius 2 is 1.94 bits per heavy atom. The van der Waals surface area contributed by atoms with Crippen molar-refractivity contribution < 1.29 is 4.79 Å². The van der Waals surface area contributed by atoms with Crippen LogP contribution in [0, 0.1) is 0 Å². The van der Waals surface area contributed by atoms with E-state index in [1.807, 2.05) is 16.7 Å². The second-order valence-corrected chi connectivity index (χ2v) is 5.44. The van der Waals surface area contributed by atoms with E-state index in [1.165, 1.54) is 25.7 Å². The summed E-state index contributed by atoms with van der Waals surface area (Å²) in [5.41, 5.74) is 0. The fourth-order valence-electron chi connectivity index (χ4n) is 2.00. The number of amides is 1. The predicted molar refractivity (Wildman–Crippen MR) is 70.9 cm³/mol. The van der Waals surface area contributed by atoms with Crippen LogP contribution in [0.25, 0.3) is 0 Å². The molecule has 0 aromatic carbocycles. The van der Waals surface area contributed by atoms with Gasteiger partial charge in [0.2, 0.25) is 5.91 Å². The molecule has 1 heterocycles. The molecular weight excluding hydrogens is 220 g/mol. The van der Waals surface area contributed by atoms with Crippen molar-refractivity contribution >= 4 is 17.7 Å². The van der Waals surface area contributed by atoms with E-state index in [9.17, 15) is 4.79 Å². The number of nitrogens with zero attached hydrogens (tertiary/aromatic N) is 1. The Morgan fingerprint density at radius 1 is 1.31 bits per heavy atom. The number of carbonyl (C=O) groups is 1. The molecule has 1 rings (SSSR count). The van der Waals surface area contributed by atoms with Gasteiger partial charge >= 0.3 is 0 Å². The highest BCUT2D eigenvalue weighted by molar-refractivity contribution is 7.98. The highest BCUT2D eigenvalue weighted by Crippen LogP contribution is 2.09. The maximum atomic E-state index is 11.9. The molecule has 1 aliphatic heterocycles. The van der Waals surface area contributed by atoms with Crippen LogP contribution >= 0.6 is 11.8 Å². The van der Waals surface area contributed by atoms with Gasteiger partial charge in [0.15, 0.2) is 0 Å². The second-order valence-electron chi connectivity index (χ2n) is 4.53. The van der Waals surface area contributed by atoms with Crippen LogP contribution in [0.5, 0.6) is 0 Å². The van der Waals surface area contributed by atoms with E-state index >= 15 is 0 Å². The van der Waals surface area contributed by atoms with Crippen molar-refractivity contribution in [1.82, 2.24) is 10.2 Å². The van der Waals surface area contributed by atoms with E-state index in [0.29, 0.717) is 12.6 Å². The Labute approximate surface area is 103 Å². The van der Waals surface area contributed by atoms with Crippen LogP contribution in [-0.2, 0) is 4.79 Å². The molecule has 0 aromatic heterocycles. The molecule has 0 aliphatic carbocycles. The van der Waals surface area contributed by atoms with Crippen molar-refractivity contribution in [3.63, 3.8) is 0 Å². The minimum atomic E-state index is 0.273. The number of hydrogen-bond donors (Lipinski definition) is 1. The highest BCUT2D eigenvalue weighted by atomic mass is 32.2. The molecule has 1 unspecified atom stereocenters. The van der Waals surface area contributed by atoms with Crippen LogP contribution in [0.15, 0.2) is 0 Å². The summed E-state index contributed by atoms with van der Waals surface area (Å²) < 4.78 is 0. The topological polar surface area (TPSA) is 32.3 Å². The molecule has 0 bridgehead atoms. The number of hydrogen-bond acceptors (Lipinski definition) is 3. The first-order valence-electron chi connectivity index (χ1n) is 6.24. The molecule has 0 spiro atoms. The Hall–Kier alpha value is -0.220. The molecule has 1 N–H and O–H groups in total. The third-order valence-corrected chi connectivity index (χ3v) is 3.81. The van der Waals surface area contributed by atoms with Gasteiger partial charge in [0.1, 0.15) is 0 Å². The molecule has 1 amide bonds. The average Bonchev–Trinajstić information content (AvgIpc) is 2.55. The molecule has 1 aliphatic rings. The third kappa shape index (κ3) is 5.21. The van der Waals surface area contributed by atoms with Gasteiger partial charge in [-0.3, -0.25) is 4.79 Å². The van der Waals surface area contributed by atoms with Crippen molar-refractivity contribution in [2.45, 2.75) is 38.6 Å². The molecular formula is C12H24N2OS. The van der Waals surface area contributed by atoms with Gasteiger partial charge in [-0.05, 0) is 26.0 Å². The number of likely N-dealkylation sites (tertiary alicyclic amines) is 1. The van der Waals surface area contributed by atoms with Gasteiger partial charge in [-0.15, -0.1) is 0 Å². The summed E-state index contributed by atoms with van der Waals surface area (Å²) in [5.74, 6) is 1.34. The normalized spacial score (nSPS) is 19.2. The zero-order valence-electron chi connectivity index (χ0n) is 10.5. The third-order valence-electron chi connectivity index (χ3n) is 2.98. The summed E-state index contributed by atoms with van der Waals surface area (Å²) in [6.45, 7) is 4.54. The summed E-state index contributed by atoms with van der Waals surface area (Å²) >= 11 is 1.81. The average molecular weight is 244 g/mol. The van der Waals surface area contributed by atoms with Crippen molar-refractivity contribution in [1.29, 1.82) is 0 Å². The van der Waals surface area contributed by atoms with Crippen LogP contribution < -0.4 is 5.32 Å². The van der Waals surface area contributed by atoms with Crippen LogP contribution in [0.4, 0.5) is 0 Å². The van der Waals surface area contributed by atoms with E-state index in [4.69, 9.17) is 0 Å². The van der Waals surface area contributed by atoms with Gasteiger partial charge in [0.05, 0.1) is 6.54 Å². The van der Waals surface area contributed by atoms with E-state index in [-0.39, 0.29) is 5.91 Å². The van der Waals surface area contributed by atoms with Crippen LogP contribution in [0.3, 0.4) is 0 Å². The van der Waals surface area contributed by atoms with Gasteiger partial charge in [0.25, 0.3) is 0 Å². The molecule has 94 valence electrons. The molecule has 16 heavy (non-hydrogen) atoms. The number of carbonyl (C=O) groups excluding carboxylic acids is 1. The minimum absolute atomic E-state index is 0.273. The fourth-order valence-corrected chi connectivity index (χ4v) is 2.62. The van der Waals surface area contributed by atoms with E-state index in [0.717, 1.165) is 18.8 Å². The Balaban J connectivity index is 2.22. The lowest BCUT2D eigenvalue weighted by atomic mass is 10.2. The number of nitrogens with one attached hydrogen (secondary N) is 1. The highest BCUT2D eigenvalue weighted by Gasteiger charge is 2.15. The molecule has 0 aromatic rings. The molecule has 0 saturated carbocycles. The van der Waals surface area contributed by atoms with Crippen molar-refractivity contribution in [2.75, 3.05) is 31.6 Å². The maximum Gasteiger partial charge on any atom is 0.236 e. The largest absolute Gasteiger partial charge is 0.342 e. The number of rotatable bonds is 5. The Bertz CT molecular complexity index is 203. The zero-order chi connectivity index (χ0) is 11.8. The summed E-state index contributed by atoms with van der Waals surface area (Å²) in [5, 5.41) is 3.29. The minimum Gasteiger partial charge on any atom is -0.342 e. The standard InChI is InChI=1S/C12H24N2OS/c1-11(10-16-2)13-9-12(15)14-7-5-3-4-6-8-14/h11,13H,3-10H2,1-2H3. The first kappa shape index (κ1) is 13.8. The van der Waals surface area contributed by atoms with Gasteiger partial charge in [-0.1, -0.05) is 12.8 Å². The quantitative estimate of drug-likeness (QED) is 0.799. The second kappa shape index (κ2) is 7.96. The maximum absolute atomic E-state index is 11.9. The molecule has 1 fully saturated rings. The molecule has 0 radical (unpaired) electrons. The van der Waals surface area contributed by atoms with Crippen LogP contribution in [0.2, 0.25) is 0 Å². The Kier molecular flexibility index (Phi) is 6.88. The lowest BCUT2D eigenvalue weighted by molar-refractivity contribution is -0.130. The van der Waals surface area contributed by atoms with Gasteiger partial charge in [-0.25, -0.2) is 0 Å². The first-order valence-corrected chi connectivity index (χ1v) is 7.63. The van der Waals surface area contributed by atoms with Gasteiger partial charge in [0, 0.05) is 24.9 Å². The van der Waals surface area contributed by atoms with Crippen molar-refractivity contribution in [3.8, 4) is 0 Å². The monoisotopic (exact) mass is 244 g/mol. The zero-order valence-corrected chi connectivity index (χ0v) is 11.3. The summed E-state index contributed by atoms with van der Waals surface area (Å²) in [4.78, 5) is 13.9. The van der Waals surface area contributed by atoms with Crippen LogP contribution in [-0.4, -0.2) is 48.5 Å². The van der Waals surface area contributed by atoms with E-state index in [2.05, 4.69) is 18.5 Å². The lowest BCUT2D eigenvalue weighted by Gasteiger charge is -2.21. The molecule has 1 atom stereocenters. The predicted octanol–water partition coefficient (Wildman–Crippen LogP) is 1.73. The first-order chi connectivity index (χ1) is 7.74. The summed E-state index contributed by atoms with van der Waals surface area (Å²) in [6.07, 6.45) is 6.99. The summed E-state index contributed by atoms with van der Waals surface area (Å²) in [7, 11) is 0. The van der Waals surface area contributed by atoms with Gasteiger partial charge in [-0.2, -0.15) is 11.8 Å². The van der Waals surface area contributed by atoms with E-state index < -0.39 is 0 Å². The van der Waals surface area contributed by atoms with Gasteiger partial charge < -0.3 is 10.2 Å². The number of thioether (sulfide) groups is 1. The Morgan fingerprint density at radius 3 is 2.50 bits per heavy atom. The molecule has 4 heteroatoms. The molecule has 3 nitrogen and oxygen atoms in total. The van der Waals surface area contributed by atoms with Crippen molar-refractivity contribution in [3.05, 3.63) is 0 Å². The molecule has 1 saturated heterocycles. The fraction of sp³-hybridized carbons (Fsp3) is 0.917. The smallest absolute Gasteiger partial charge is 0.236 e. The van der Waals surface area contributed by atoms with E-state index in [1.54, 1.807) is 0 Å². The summed E-state index contributed by atoms with van der Waals surface area (Å²) in [6, 6.07) is 0.422. The van der Waals surface area contributed by atoms with Crippen LogP contribution in [0.1, 0.15) is 32.6 Å². The lowest BCUT2D eigenvalue weighted by Crippen LogP contribution is -2.42. The van der Waals surface area contributed by atoms with Crippen molar-refractivity contribution in [2.24, 2.45) is 0 Å². The SMILES string of the molecule is CSCC(C)NCC(=O)N1CCCCCC1.